The van der Waals surface area contributed by atoms with Gasteiger partial charge in [-0.05, 0) is 47.7 Å². The molecule has 1 heterocycles. The smallest absolute Gasteiger partial charge is 0.243 e. The van der Waals surface area contributed by atoms with Crippen molar-refractivity contribution in [1.29, 1.82) is 0 Å². The molecule has 6 nitrogen and oxygen atoms in total. The zero-order valence-electron chi connectivity index (χ0n) is 18.6. The summed E-state index contributed by atoms with van der Waals surface area (Å²) in [5.41, 5.74) is 1.30. The summed E-state index contributed by atoms with van der Waals surface area (Å²) in [5.74, 6) is -0.216. The summed E-state index contributed by atoms with van der Waals surface area (Å²) >= 11 is 1.22. The van der Waals surface area contributed by atoms with Crippen molar-refractivity contribution in [1.82, 2.24) is 9.29 Å². The number of rotatable bonds is 9. The van der Waals surface area contributed by atoms with E-state index in [9.17, 15) is 17.6 Å². The van der Waals surface area contributed by atoms with Gasteiger partial charge in [0.1, 0.15) is 5.82 Å². The van der Waals surface area contributed by atoms with Crippen molar-refractivity contribution < 1.29 is 17.6 Å². The fourth-order valence-corrected chi connectivity index (χ4v) is 6.09. The number of thiazole rings is 1. The second-order valence-electron chi connectivity index (χ2n) is 8.61. The Kier molecular flexibility index (Phi) is 7.63. The molecule has 1 aromatic heterocycles. The van der Waals surface area contributed by atoms with Gasteiger partial charge >= 0.3 is 0 Å². The van der Waals surface area contributed by atoms with Gasteiger partial charge in [0.2, 0.25) is 15.9 Å². The molecule has 2 aromatic carbocycles. The fourth-order valence-electron chi connectivity index (χ4n) is 3.30. The zero-order valence-corrected chi connectivity index (χ0v) is 20.3. The molecule has 1 N–H and O–H groups in total. The largest absolute Gasteiger partial charge is 0.302 e. The average molecular weight is 478 g/mol. The van der Waals surface area contributed by atoms with Crippen LogP contribution in [0.1, 0.15) is 33.3 Å². The number of sulfonamides is 1. The first-order valence-corrected chi connectivity index (χ1v) is 12.8. The van der Waals surface area contributed by atoms with Crippen LogP contribution in [-0.4, -0.2) is 36.7 Å². The molecule has 0 saturated heterocycles. The minimum atomic E-state index is -3.65. The molecular formula is C23H28FN3O3S2. The number of amides is 1. The molecule has 3 rings (SSSR count). The third kappa shape index (κ3) is 6.11. The van der Waals surface area contributed by atoms with Crippen LogP contribution in [0.3, 0.4) is 0 Å². The van der Waals surface area contributed by atoms with E-state index in [1.54, 1.807) is 30.3 Å². The number of fused-ring (bicyclic) bond motifs is 1. The van der Waals surface area contributed by atoms with Gasteiger partial charge in [-0.25, -0.2) is 17.8 Å². The number of carbonyl (C=O) groups is 1. The normalized spacial score (nSPS) is 12.2. The number of aromatic nitrogens is 1. The van der Waals surface area contributed by atoms with Crippen molar-refractivity contribution in [2.24, 2.45) is 11.8 Å². The molecule has 0 bridgehead atoms. The Hall–Kier alpha value is -2.36. The Morgan fingerprint density at radius 2 is 1.69 bits per heavy atom. The molecule has 0 aliphatic carbocycles. The van der Waals surface area contributed by atoms with Crippen molar-refractivity contribution in [2.75, 3.05) is 18.4 Å². The standard InChI is InChI=1S/C23H28FN3O3S2/c1-15(2)13-27(14-16(3)4)32(29,30)19-9-10-20-21(12-19)31-23(25-20)26-22(28)11-17-5-7-18(24)8-6-17/h5-10,12,15-16H,11,13-14H2,1-4H3,(H,25,26,28). The van der Waals surface area contributed by atoms with Crippen molar-refractivity contribution in [3.05, 3.63) is 53.8 Å². The highest BCUT2D eigenvalue weighted by Gasteiger charge is 2.26. The predicted molar refractivity (Wildman–Crippen MR) is 127 cm³/mol. The third-order valence-corrected chi connectivity index (χ3v) is 7.42. The molecule has 0 aliphatic rings. The van der Waals surface area contributed by atoms with Crippen LogP contribution in [0.25, 0.3) is 10.2 Å². The maximum Gasteiger partial charge on any atom is 0.243 e. The molecule has 0 saturated carbocycles. The first-order valence-electron chi connectivity index (χ1n) is 10.5. The van der Waals surface area contributed by atoms with Crippen LogP contribution in [0.5, 0.6) is 0 Å². The lowest BCUT2D eigenvalue weighted by Crippen LogP contribution is -2.37. The van der Waals surface area contributed by atoms with E-state index >= 15 is 0 Å². The molecule has 0 spiro atoms. The molecule has 0 unspecified atom stereocenters. The number of hydrogen-bond acceptors (Lipinski definition) is 5. The van der Waals surface area contributed by atoms with Gasteiger partial charge in [-0.2, -0.15) is 4.31 Å². The van der Waals surface area contributed by atoms with Gasteiger partial charge in [-0.1, -0.05) is 51.2 Å². The van der Waals surface area contributed by atoms with Crippen LogP contribution in [0.15, 0.2) is 47.4 Å². The summed E-state index contributed by atoms with van der Waals surface area (Å²) in [6.07, 6.45) is 0.0925. The van der Waals surface area contributed by atoms with Gasteiger partial charge in [-0.3, -0.25) is 4.79 Å². The number of hydrogen-bond donors (Lipinski definition) is 1. The lowest BCUT2D eigenvalue weighted by molar-refractivity contribution is -0.115. The zero-order chi connectivity index (χ0) is 23.5. The number of anilines is 1. The predicted octanol–water partition coefficient (Wildman–Crippen LogP) is 4.92. The number of carbonyl (C=O) groups excluding carboxylic acids is 1. The molecule has 172 valence electrons. The van der Waals surface area contributed by atoms with Crippen molar-refractivity contribution in [3.8, 4) is 0 Å². The molecule has 32 heavy (non-hydrogen) atoms. The second kappa shape index (κ2) is 10.1. The van der Waals surface area contributed by atoms with Crippen LogP contribution in [-0.2, 0) is 21.2 Å². The van der Waals surface area contributed by atoms with Crippen LogP contribution in [0.2, 0.25) is 0 Å². The van der Waals surface area contributed by atoms with E-state index in [2.05, 4.69) is 10.3 Å². The molecule has 0 atom stereocenters. The average Bonchev–Trinajstić information content (AvgIpc) is 3.09. The van der Waals surface area contributed by atoms with Crippen LogP contribution < -0.4 is 5.32 Å². The minimum absolute atomic E-state index is 0.0925. The molecule has 9 heteroatoms. The molecule has 1 amide bonds. The molecule has 3 aromatic rings. The summed E-state index contributed by atoms with van der Waals surface area (Å²) in [7, 11) is -3.65. The Bertz CT molecular complexity index is 1180. The van der Waals surface area contributed by atoms with E-state index in [4.69, 9.17) is 0 Å². The third-order valence-electron chi connectivity index (χ3n) is 4.66. The van der Waals surface area contributed by atoms with E-state index < -0.39 is 10.0 Å². The van der Waals surface area contributed by atoms with E-state index in [0.29, 0.717) is 34.0 Å². The number of nitrogens with one attached hydrogen (secondary N) is 1. The lowest BCUT2D eigenvalue weighted by atomic mass is 10.1. The van der Waals surface area contributed by atoms with E-state index in [-0.39, 0.29) is 34.9 Å². The van der Waals surface area contributed by atoms with Gasteiger partial charge in [0, 0.05) is 13.1 Å². The number of nitrogens with zero attached hydrogens (tertiary/aromatic N) is 2. The van der Waals surface area contributed by atoms with Gasteiger partial charge in [0.25, 0.3) is 0 Å². The van der Waals surface area contributed by atoms with Crippen LogP contribution in [0.4, 0.5) is 9.52 Å². The first kappa shape index (κ1) is 24.3. The molecular weight excluding hydrogens is 449 g/mol. The van der Waals surface area contributed by atoms with Crippen LogP contribution in [0, 0.1) is 17.7 Å². The van der Waals surface area contributed by atoms with Gasteiger partial charge in [0.15, 0.2) is 5.13 Å². The summed E-state index contributed by atoms with van der Waals surface area (Å²) in [5, 5.41) is 3.13. The van der Waals surface area contributed by atoms with Crippen molar-refractivity contribution in [3.63, 3.8) is 0 Å². The van der Waals surface area contributed by atoms with E-state index in [0.717, 1.165) is 0 Å². The van der Waals surface area contributed by atoms with E-state index in [1.165, 1.54) is 27.8 Å². The Labute approximate surface area is 192 Å². The maximum absolute atomic E-state index is 13.3. The molecule has 0 fully saturated rings. The molecule has 0 aliphatic heterocycles. The summed E-state index contributed by atoms with van der Waals surface area (Å²) in [6.45, 7) is 8.89. The highest BCUT2D eigenvalue weighted by molar-refractivity contribution is 7.89. The molecule has 0 radical (unpaired) electrons. The first-order chi connectivity index (χ1) is 15.0. The highest BCUT2D eigenvalue weighted by atomic mass is 32.2. The van der Waals surface area contributed by atoms with E-state index in [1.807, 2.05) is 27.7 Å². The van der Waals surface area contributed by atoms with Gasteiger partial charge in [-0.15, -0.1) is 0 Å². The SMILES string of the molecule is CC(C)CN(CC(C)C)S(=O)(=O)c1ccc2nc(NC(=O)Cc3ccc(F)cc3)sc2c1. The maximum atomic E-state index is 13.3. The van der Waals surface area contributed by atoms with Crippen LogP contribution >= 0.6 is 11.3 Å². The fraction of sp³-hybridized carbons (Fsp3) is 0.391. The minimum Gasteiger partial charge on any atom is -0.302 e. The number of benzene rings is 2. The Balaban J connectivity index is 1.80. The number of halogens is 1. The summed E-state index contributed by atoms with van der Waals surface area (Å²) < 4.78 is 41.8. The van der Waals surface area contributed by atoms with Crippen molar-refractivity contribution >= 4 is 42.6 Å². The topological polar surface area (TPSA) is 79.4 Å². The van der Waals surface area contributed by atoms with Gasteiger partial charge < -0.3 is 5.32 Å². The lowest BCUT2D eigenvalue weighted by Gasteiger charge is -2.25. The Morgan fingerprint density at radius 1 is 1.06 bits per heavy atom. The summed E-state index contributed by atoms with van der Waals surface area (Å²) in [6, 6.07) is 10.6. The highest BCUT2D eigenvalue weighted by Crippen LogP contribution is 2.30. The van der Waals surface area contributed by atoms with Crippen molar-refractivity contribution in [2.45, 2.75) is 39.0 Å². The Morgan fingerprint density at radius 3 is 2.28 bits per heavy atom. The van der Waals surface area contributed by atoms with Gasteiger partial charge in [0.05, 0.1) is 21.5 Å². The summed E-state index contributed by atoms with van der Waals surface area (Å²) in [4.78, 5) is 16.9. The monoisotopic (exact) mass is 477 g/mol. The second-order valence-corrected chi connectivity index (χ2v) is 11.6. The quantitative estimate of drug-likeness (QED) is 0.474.